The van der Waals surface area contributed by atoms with E-state index in [1.54, 1.807) is 24.3 Å². The van der Waals surface area contributed by atoms with Gasteiger partial charge in [-0.05, 0) is 59.5 Å². The van der Waals surface area contributed by atoms with Crippen LogP contribution < -0.4 is 15.3 Å². The highest BCUT2D eigenvalue weighted by Crippen LogP contribution is 2.33. The van der Waals surface area contributed by atoms with Gasteiger partial charge >= 0.3 is 21.7 Å². The molecule has 0 amide bonds. The standard InChI is InChI=1S/C35H25F4NO7S/c1-19-25-17-15-24(40(2)3)18-27(25)46-35(42)26(19)16-12-21-7-4-20(5-8-21)6-9-22-10-13-23(14-11-22)34(41)47-32-28(36)30(38)33(48(43,44)45)31(39)29(32)37/h4-18H,1-3H3,(H,43,44,45)/b9-6+,16-12+. The summed E-state index contributed by atoms with van der Waals surface area (Å²) in [5.74, 6) is -12.7. The molecule has 4 aromatic carbocycles. The lowest BCUT2D eigenvalue weighted by molar-refractivity contribution is 0.0716. The molecule has 0 fully saturated rings. The molecule has 246 valence electrons. The number of fused-ring (bicyclic) bond motifs is 1. The Balaban J connectivity index is 1.26. The van der Waals surface area contributed by atoms with Crippen molar-refractivity contribution in [2.45, 2.75) is 11.8 Å². The van der Waals surface area contributed by atoms with Gasteiger partial charge in [-0.3, -0.25) is 4.55 Å². The first kappa shape index (κ1) is 33.8. The molecule has 0 aliphatic carbocycles. The second-order valence-corrected chi connectivity index (χ2v) is 12.1. The van der Waals surface area contributed by atoms with Crippen LogP contribution in [0.1, 0.15) is 38.2 Å². The van der Waals surface area contributed by atoms with E-state index in [2.05, 4.69) is 4.74 Å². The molecule has 1 N–H and O–H groups in total. The number of anilines is 1. The van der Waals surface area contributed by atoms with Crippen molar-refractivity contribution in [3.8, 4) is 5.75 Å². The van der Waals surface area contributed by atoms with E-state index in [4.69, 9.17) is 8.97 Å². The second kappa shape index (κ2) is 13.3. The van der Waals surface area contributed by atoms with Gasteiger partial charge in [-0.2, -0.15) is 17.2 Å². The van der Waals surface area contributed by atoms with Crippen LogP contribution in [0.15, 0.2) is 80.8 Å². The van der Waals surface area contributed by atoms with Crippen LogP contribution in [0.4, 0.5) is 23.2 Å². The van der Waals surface area contributed by atoms with Gasteiger partial charge in [0.15, 0.2) is 16.5 Å². The largest absolute Gasteiger partial charge is 0.422 e. The molecule has 8 nitrogen and oxygen atoms in total. The van der Waals surface area contributed by atoms with Crippen molar-refractivity contribution in [3.05, 3.63) is 134 Å². The van der Waals surface area contributed by atoms with Crippen LogP contribution in [0.25, 0.3) is 35.3 Å². The molecule has 0 aliphatic heterocycles. The monoisotopic (exact) mass is 679 g/mol. The third kappa shape index (κ3) is 6.92. The van der Waals surface area contributed by atoms with Gasteiger partial charge in [0, 0.05) is 31.2 Å². The predicted molar refractivity (Wildman–Crippen MR) is 173 cm³/mol. The van der Waals surface area contributed by atoms with E-state index < -0.39 is 55.6 Å². The molecule has 0 bridgehead atoms. The van der Waals surface area contributed by atoms with Crippen molar-refractivity contribution in [3.63, 3.8) is 0 Å². The van der Waals surface area contributed by atoms with Crippen molar-refractivity contribution < 1.29 is 44.5 Å². The van der Waals surface area contributed by atoms with Crippen LogP contribution in [-0.2, 0) is 10.1 Å². The number of ether oxygens (including phenoxy) is 1. The summed E-state index contributed by atoms with van der Waals surface area (Å²) in [6, 6.07) is 18.5. The highest BCUT2D eigenvalue weighted by atomic mass is 32.2. The first-order chi connectivity index (χ1) is 22.6. The molecule has 5 rings (SSSR count). The molecule has 0 saturated heterocycles. The van der Waals surface area contributed by atoms with Crippen LogP contribution in [0.5, 0.6) is 5.75 Å². The number of rotatable bonds is 8. The average molecular weight is 680 g/mol. The fourth-order valence-corrected chi connectivity index (χ4v) is 5.34. The van der Waals surface area contributed by atoms with Gasteiger partial charge in [0.1, 0.15) is 5.58 Å². The lowest BCUT2D eigenvalue weighted by Gasteiger charge is -2.13. The SMILES string of the molecule is Cc1c(/C=C/c2ccc(/C=C/c3ccc(C(=O)Oc4c(F)c(F)c(S(=O)(=O)O)c(F)c4F)cc3)cc2)c(=O)oc2cc(N(C)C)ccc12. The van der Waals surface area contributed by atoms with E-state index in [1.165, 1.54) is 24.3 Å². The van der Waals surface area contributed by atoms with E-state index in [1.807, 2.05) is 68.4 Å². The van der Waals surface area contributed by atoms with E-state index >= 15 is 0 Å². The van der Waals surface area contributed by atoms with Crippen LogP contribution in [-0.4, -0.2) is 33.0 Å². The lowest BCUT2D eigenvalue weighted by Crippen LogP contribution is -2.15. The number of hydrogen-bond donors (Lipinski definition) is 1. The maximum atomic E-state index is 14.2. The Kier molecular flexibility index (Phi) is 9.37. The number of hydrogen-bond acceptors (Lipinski definition) is 7. The summed E-state index contributed by atoms with van der Waals surface area (Å²) in [6.07, 6.45) is 7.00. The van der Waals surface area contributed by atoms with Gasteiger partial charge in [0.2, 0.25) is 17.4 Å². The van der Waals surface area contributed by atoms with Crippen molar-refractivity contribution in [1.82, 2.24) is 0 Å². The molecule has 1 aromatic heterocycles. The minimum Gasteiger partial charge on any atom is -0.422 e. The summed E-state index contributed by atoms with van der Waals surface area (Å²) in [5, 5.41) is 0.840. The van der Waals surface area contributed by atoms with Crippen molar-refractivity contribution in [2.75, 3.05) is 19.0 Å². The number of carbonyl (C=O) groups is 1. The Morgan fingerprint density at radius 3 is 1.79 bits per heavy atom. The lowest BCUT2D eigenvalue weighted by atomic mass is 10.0. The second-order valence-electron chi connectivity index (χ2n) is 10.7. The summed E-state index contributed by atoms with van der Waals surface area (Å²) in [4.78, 5) is 24.8. The smallest absolute Gasteiger partial charge is 0.343 e. The number of benzene rings is 4. The summed E-state index contributed by atoms with van der Waals surface area (Å²) in [5.41, 5.74) is 4.25. The summed E-state index contributed by atoms with van der Waals surface area (Å²) < 4.78 is 97.6. The van der Waals surface area contributed by atoms with Crippen molar-refractivity contribution in [1.29, 1.82) is 0 Å². The van der Waals surface area contributed by atoms with Gasteiger partial charge < -0.3 is 14.1 Å². The maximum absolute atomic E-state index is 14.2. The fraction of sp³-hybridized carbons (Fsp3) is 0.0857. The molecule has 0 unspecified atom stereocenters. The Morgan fingerprint density at radius 1 is 0.792 bits per heavy atom. The molecule has 1 heterocycles. The Labute approximate surface area is 271 Å². The van der Waals surface area contributed by atoms with Crippen molar-refractivity contribution in [2.24, 2.45) is 0 Å². The van der Waals surface area contributed by atoms with Crippen molar-refractivity contribution >= 4 is 57.0 Å². The first-order valence-corrected chi connectivity index (χ1v) is 15.5. The summed E-state index contributed by atoms with van der Waals surface area (Å²) >= 11 is 0. The summed E-state index contributed by atoms with van der Waals surface area (Å²) in [6.45, 7) is 1.87. The Morgan fingerprint density at radius 2 is 1.29 bits per heavy atom. The quantitative estimate of drug-likeness (QED) is 0.0341. The van der Waals surface area contributed by atoms with Gasteiger partial charge in [0.05, 0.1) is 11.1 Å². The predicted octanol–water partition coefficient (Wildman–Crippen LogP) is 7.53. The van der Waals surface area contributed by atoms with Crippen LogP contribution in [0.3, 0.4) is 0 Å². The molecular formula is C35H25F4NO7S. The summed E-state index contributed by atoms with van der Waals surface area (Å²) in [7, 11) is -1.85. The Bertz CT molecular complexity index is 2270. The molecule has 13 heteroatoms. The molecule has 0 aliphatic rings. The highest BCUT2D eigenvalue weighted by Gasteiger charge is 2.34. The maximum Gasteiger partial charge on any atom is 0.343 e. The zero-order valence-corrected chi connectivity index (χ0v) is 26.2. The zero-order chi connectivity index (χ0) is 34.9. The number of nitrogens with zero attached hydrogens (tertiary/aromatic N) is 1. The van der Waals surface area contributed by atoms with Crippen LogP contribution >= 0.6 is 0 Å². The molecule has 48 heavy (non-hydrogen) atoms. The van der Waals surface area contributed by atoms with Crippen LogP contribution in [0.2, 0.25) is 0 Å². The van der Waals surface area contributed by atoms with E-state index in [0.717, 1.165) is 27.8 Å². The minimum absolute atomic E-state index is 0.240. The van der Waals surface area contributed by atoms with Crippen LogP contribution in [0, 0.1) is 30.2 Å². The molecule has 5 aromatic rings. The van der Waals surface area contributed by atoms with E-state index in [9.17, 15) is 35.6 Å². The molecule has 0 saturated carbocycles. The minimum atomic E-state index is -5.66. The zero-order valence-electron chi connectivity index (χ0n) is 25.4. The molecule has 0 atom stereocenters. The average Bonchev–Trinajstić information content (AvgIpc) is 3.04. The fourth-order valence-electron chi connectivity index (χ4n) is 4.71. The Hall–Kier alpha value is -5.53. The molecule has 0 spiro atoms. The van der Waals surface area contributed by atoms with Gasteiger partial charge in [-0.25, -0.2) is 18.4 Å². The highest BCUT2D eigenvalue weighted by molar-refractivity contribution is 7.85. The van der Waals surface area contributed by atoms with Gasteiger partial charge in [0.25, 0.3) is 0 Å². The van der Waals surface area contributed by atoms with E-state index in [-0.39, 0.29) is 5.56 Å². The normalized spacial score (nSPS) is 11.9. The van der Waals surface area contributed by atoms with Gasteiger partial charge in [-0.15, -0.1) is 0 Å². The number of aryl methyl sites for hydroxylation is 1. The van der Waals surface area contributed by atoms with E-state index in [0.29, 0.717) is 16.7 Å². The number of halogens is 4. The number of carbonyl (C=O) groups excluding carboxylic acids is 1. The molecular weight excluding hydrogens is 654 g/mol. The first-order valence-electron chi connectivity index (χ1n) is 14.0. The third-order valence-corrected chi connectivity index (χ3v) is 8.22. The molecule has 0 radical (unpaired) electrons. The topological polar surface area (TPSA) is 114 Å². The van der Waals surface area contributed by atoms with Gasteiger partial charge in [-0.1, -0.05) is 54.6 Å². The third-order valence-electron chi connectivity index (χ3n) is 7.34. The number of esters is 1.